The Bertz CT molecular complexity index is 733. The third kappa shape index (κ3) is 6.65. The average Bonchev–Trinajstić information content (AvgIpc) is 2.78. The molecule has 1 aliphatic heterocycles. The number of guanidine groups is 1. The molecule has 1 N–H and O–H groups in total. The quantitative estimate of drug-likeness (QED) is 0.495. The molecule has 2 rings (SSSR count). The Hall–Kier alpha value is -2.68. The van der Waals surface area contributed by atoms with Crippen LogP contribution < -0.4 is 14.8 Å². The van der Waals surface area contributed by atoms with E-state index in [-0.39, 0.29) is 12.1 Å². The molecule has 0 bridgehead atoms. The summed E-state index contributed by atoms with van der Waals surface area (Å²) in [6, 6.07) is 6.06. The monoisotopic (exact) mass is 435 g/mol. The molecule has 1 aromatic carbocycles. The van der Waals surface area contributed by atoms with Gasteiger partial charge in [-0.25, -0.2) is 4.79 Å². The van der Waals surface area contributed by atoms with Gasteiger partial charge in [0.05, 0.1) is 33.4 Å². The number of carbonyl (C=O) groups excluding carboxylic acids is 1. The summed E-state index contributed by atoms with van der Waals surface area (Å²) < 4.78 is 15.9. The van der Waals surface area contributed by atoms with Crippen molar-refractivity contribution in [3.63, 3.8) is 0 Å². The number of hydrogen-bond acceptors (Lipinski definition) is 6. The third-order valence-electron chi connectivity index (χ3n) is 5.27. The zero-order valence-corrected chi connectivity index (χ0v) is 19.7. The van der Waals surface area contributed by atoms with Crippen LogP contribution in [0.15, 0.2) is 23.2 Å². The zero-order valence-electron chi connectivity index (χ0n) is 19.7. The lowest BCUT2D eigenvalue weighted by atomic mass is 10.1. The number of likely N-dealkylation sites (N-methyl/N-ethyl adjacent to an activating group) is 1. The number of rotatable bonds is 8. The highest BCUT2D eigenvalue weighted by Crippen LogP contribution is 2.31. The fourth-order valence-corrected chi connectivity index (χ4v) is 3.54. The minimum atomic E-state index is -0.245. The molecule has 1 fully saturated rings. The van der Waals surface area contributed by atoms with Crippen molar-refractivity contribution in [1.29, 1.82) is 0 Å². The van der Waals surface area contributed by atoms with Gasteiger partial charge in [0.1, 0.15) is 0 Å². The summed E-state index contributed by atoms with van der Waals surface area (Å²) in [5.41, 5.74) is 1.11. The Morgan fingerprint density at radius 1 is 1.10 bits per heavy atom. The van der Waals surface area contributed by atoms with E-state index in [1.165, 1.54) is 0 Å². The van der Waals surface area contributed by atoms with E-state index in [1.807, 2.05) is 39.2 Å². The van der Waals surface area contributed by atoms with Crippen LogP contribution in [-0.4, -0.2) is 101 Å². The maximum atomic E-state index is 12.0. The van der Waals surface area contributed by atoms with E-state index in [2.05, 4.69) is 22.0 Å². The predicted octanol–water partition coefficient (Wildman–Crippen LogP) is 2.05. The Balaban J connectivity index is 2.13. The fourth-order valence-electron chi connectivity index (χ4n) is 3.54. The van der Waals surface area contributed by atoms with Gasteiger partial charge in [0, 0.05) is 32.7 Å². The molecule has 0 spiro atoms. The van der Waals surface area contributed by atoms with Crippen molar-refractivity contribution >= 4 is 12.1 Å². The first-order chi connectivity index (χ1) is 14.9. The molecule has 1 amide bonds. The van der Waals surface area contributed by atoms with Gasteiger partial charge in [0.2, 0.25) is 0 Å². The minimum Gasteiger partial charge on any atom is -0.493 e. The van der Waals surface area contributed by atoms with Gasteiger partial charge < -0.3 is 34.2 Å². The highest BCUT2D eigenvalue weighted by Gasteiger charge is 2.24. The molecule has 0 aliphatic carbocycles. The van der Waals surface area contributed by atoms with E-state index in [0.717, 1.165) is 18.1 Å². The van der Waals surface area contributed by atoms with Crippen LogP contribution in [0.5, 0.6) is 11.5 Å². The van der Waals surface area contributed by atoms with E-state index in [4.69, 9.17) is 19.2 Å². The SMILES string of the molecule is CCNC(=NCC(c1ccc(OC)c(OC)c1)N(C)C)N1CCN(C(=O)OCC)CC1. The fraction of sp³-hybridized carbons (Fsp3) is 0.636. The summed E-state index contributed by atoms with van der Waals surface area (Å²) in [5, 5.41) is 3.39. The number of carbonyl (C=O) groups is 1. The van der Waals surface area contributed by atoms with E-state index < -0.39 is 0 Å². The molecule has 1 heterocycles. The molecule has 9 heteroatoms. The zero-order chi connectivity index (χ0) is 22.8. The van der Waals surface area contributed by atoms with Crippen LogP contribution in [0, 0.1) is 0 Å². The number of piperazine rings is 1. The van der Waals surface area contributed by atoms with Crippen molar-refractivity contribution in [3.05, 3.63) is 23.8 Å². The molecule has 1 unspecified atom stereocenters. The van der Waals surface area contributed by atoms with Gasteiger partial charge in [0.15, 0.2) is 17.5 Å². The second kappa shape index (κ2) is 12.2. The summed E-state index contributed by atoms with van der Waals surface area (Å²) in [5.74, 6) is 2.27. The molecular weight excluding hydrogens is 398 g/mol. The van der Waals surface area contributed by atoms with Crippen LogP contribution in [0.25, 0.3) is 0 Å². The molecule has 9 nitrogen and oxygen atoms in total. The van der Waals surface area contributed by atoms with E-state index >= 15 is 0 Å². The number of ether oxygens (including phenoxy) is 3. The summed E-state index contributed by atoms with van der Waals surface area (Å²) in [4.78, 5) is 23.0. The summed E-state index contributed by atoms with van der Waals surface area (Å²) in [6.07, 6.45) is -0.245. The van der Waals surface area contributed by atoms with Crippen molar-refractivity contribution in [2.45, 2.75) is 19.9 Å². The van der Waals surface area contributed by atoms with Crippen molar-refractivity contribution in [2.24, 2.45) is 4.99 Å². The van der Waals surface area contributed by atoms with Gasteiger partial charge in [-0.3, -0.25) is 4.99 Å². The maximum absolute atomic E-state index is 12.0. The number of hydrogen-bond donors (Lipinski definition) is 1. The van der Waals surface area contributed by atoms with E-state index in [9.17, 15) is 4.79 Å². The van der Waals surface area contributed by atoms with Gasteiger partial charge >= 0.3 is 6.09 Å². The first-order valence-corrected chi connectivity index (χ1v) is 10.8. The molecule has 1 aromatic rings. The Morgan fingerprint density at radius 3 is 2.29 bits per heavy atom. The van der Waals surface area contributed by atoms with Crippen molar-refractivity contribution < 1.29 is 19.0 Å². The molecule has 174 valence electrons. The van der Waals surface area contributed by atoms with Crippen molar-refractivity contribution in [2.75, 3.05) is 74.2 Å². The lowest BCUT2D eigenvalue weighted by Gasteiger charge is -2.36. The van der Waals surface area contributed by atoms with Crippen LogP contribution in [0.4, 0.5) is 4.79 Å². The number of benzene rings is 1. The van der Waals surface area contributed by atoms with Gasteiger partial charge in [0.25, 0.3) is 0 Å². The van der Waals surface area contributed by atoms with Gasteiger partial charge in [-0.1, -0.05) is 6.07 Å². The lowest BCUT2D eigenvalue weighted by molar-refractivity contribution is 0.0914. The highest BCUT2D eigenvalue weighted by atomic mass is 16.6. The van der Waals surface area contributed by atoms with Gasteiger partial charge in [-0.05, 0) is 45.6 Å². The molecule has 1 saturated heterocycles. The first-order valence-electron chi connectivity index (χ1n) is 10.8. The van der Waals surface area contributed by atoms with Crippen LogP contribution in [0.2, 0.25) is 0 Å². The topological polar surface area (TPSA) is 78.9 Å². The largest absolute Gasteiger partial charge is 0.493 e. The number of methoxy groups -OCH3 is 2. The van der Waals surface area contributed by atoms with E-state index in [0.29, 0.717) is 50.8 Å². The Labute approximate surface area is 185 Å². The summed E-state index contributed by atoms with van der Waals surface area (Å²) >= 11 is 0. The molecular formula is C22H37N5O4. The minimum absolute atomic E-state index is 0.0780. The van der Waals surface area contributed by atoms with Gasteiger partial charge in [-0.2, -0.15) is 0 Å². The number of amides is 1. The number of aliphatic imine (C=N–C) groups is 1. The Morgan fingerprint density at radius 2 is 1.74 bits per heavy atom. The molecule has 1 aliphatic rings. The first kappa shape index (κ1) is 24.6. The summed E-state index contributed by atoms with van der Waals surface area (Å²) in [6.45, 7) is 8.31. The average molecular weight is 436 g/mol. The molecule has 0 radical (unpaired) electrons. The normalized spacial score (nSPS) is 15.6. The third-order valence-corrected chi connectivity index (χ3v) is 5.27. The molecule has 1 atom stereocenters. The van der Waals surface area contributed by atoms with Gasteiger partial charge in [-0.15, -0.1) is 0 Å². The number of nitrogens with zero attached hydrogens (tertiary/aromatic N) is 4. The standard InChI is InChI=1S/C22H37N5O4/c1-7-23-21(26-11-13-27(14-12-26)22(28)31-8-2)24-16-18(25(3)4)17-9-10-19(29-5)20(15-17)30-6/h9-10,15,18H,7-8,11-14,16H2,1-6H3,(H,23,24). The van der Waals surface area contributed by atoms with Crippen molar-refractivity contribution in [1.82, 2.24) is 20.0 Å². The predicted molar refractivity (Wildman–Crippen MR) is 122 cm³/mol. The molecule has 0 saturated carbocycles. The molecule has 31 heavy (non-hydrogen) atoms. The van der Waals surface area contributed by atoms with Crippen LogP contribution in [0.1, 0.15) is 25.5 Å². The number of nitrogens with one attached hydrogen (secondary N) is 1. The highest BCUT2D eigenvalue weighted by molar-refractivity contribution is 5.80. The second-order valence-electron chi connectivity index (χ2n) is 7.46. The smallest absolute Gasteiger partial charge is 0.409 e. The molecule has 0 aromatic heterocycles. The second-order valence-corrected chi connectivity index (χ2v) is 7.46. The Kier molecular flexibility index (Phi) is 9.71. The maximum Gasteiger partial charge on any atom is 0.409 e. The van der Waals surface area contributed by atoms with Crippen molar-refractivity contribution in [3.8, 4) is 11.5 Å². The lowest BCUT2D eigenvalue weighted by Crippen LogP contribution is -2.54. The van der Waals surface area contributed by atoms with Crippen LogP contribution >= 0.6 is 0 Å². The van der Waals surface area contributed by atoms with Crippen LogP contribution in [-0.2, 0) is 4.74 Å². The summed E-state index contributed by atoms with van der Waals surface area (Å²) in [7, 11) is 7.36. The van der Waals surface area contributed by atoms with Crippen LogP contribution in [0.3, 0.4) is 0 Å². The van der Waals surface area contributed by atoms with E-state index in [1.54, 1.807) is 19.1 Å².